The maximum Gasteiger partial charge on any atom is 0.348 e. The standard InChI is InChI=1S/C20H23N3O3S/c1-5-14-8-6-7-12(2)16(14)23-18-15-13(3)17(20(24)26-10-9-25-4)27-19(15)22-11-21-18/h6-8,11H,5,9-10H2,1-4H3,(H,21,22,23). The fourth-order valence-electron chi connectivity index (χ4n) is 2.96. The van der Waals surface area contributed by atoms with Gasteiger partial charge in [0.2, 0.25) is 0 Å². The SMILES string of the molecule is CCc1cccc(C)c1Nc1ncnc2sc(C(=O)OCCOC)c(C)c12. The molecule has 0 bridgehead atoms. The highest BCUT2D eigenvalue weighted by atomic mass is 32.1. The van der Waals surface area contributed by atoms with E-state index in [0.29, 0.717) is 17.3 Å². The molecule has 0 unspecified atom stereocenters. The maximum atomic E-state index is 12.4. The highest BCUT2D eigenvalue weighted by molar-refractivity contribution is 7.20. The number of benzene rings is 1. The van der Waals surface area contributed by atoms with E-state index in [0.717, 1.165) is 33.5 Å². The molecule has 0 aliphatic carbocycles. The predicted molar refractivity (Wildman–Crippen MR) is 108 cm³/mol. The summed E-state index contributed by atoms with van der Waals surface area (Å²) in [5.74, 6) is 0.345. The van der Waals surface area contributed by atoms with Gasteiger partial charge in [-0.05, 0) is 37.0 Å². The van der Waals surface area contributed by atoms with Gasteiger partial charge in [-0.1, -0.05) is 25.1 Å². The number of aryl methyl sites for hydroxylation is 3. The van der Waals surface area contributed by atoms with Crippen LogP contribution in [0.25, 0.3) is 10.2 Å². The molecule has 0 amide bonds. The van der Waals surface area contributed by atoms with Crippen molar-refractivity contribution >= 4 is 39.0 Å². The summed E-state index contributed by atoms with van der Waals surface area (Å²) >= 11 is 1.32. The third-order valence-electron chi connectivity index (χ3n) is 4.42. The van der Waals surface area contributed by atoms with E-state index < -0.39 is 0 Å². The van der Waals surface area contributed by atoms with Crippen molar-refractivity contribution < 1.29 is 14.3 Å². The lowest BCUT2D eigenvalue weighted by Crippen LogP contribution is -2.09. The van der Waals surface area contributed by atoms with Crippen molar-refractivity contribution in [1.29, 1.82) is 0 Å². The molecule has 2 aromatic heterocycles. The Hall–Kier alpha value is -2.51. The van der Waals surface area contributed by atoms with Crippen LogP contribution in [0.5, 0.6) is 0 Å². The van der Waals surface area contributed by atoms with E-state index >= 15 is 0 Å². The Bertz CT molecular complexity index is 969. The Morgan fingerprint density at radius 1 is 1.22 bits per heavy atom. The Morgan fingerprint density at radius 3 is 2.78 bits per heavy atom. The van der Waals surface area contributed by atoms with E-state index in [1.165, 1.54) is 23.2 Å². The number of hydrogen-bond acceptors (Lipinski definition) is 7. The summed E-state index contributed by atoms with van der Waals surface area (Å²) in [6.45, 7) is 6.69. The first-order valence-electron chi connectivity index (χ1n) is 8.82. The van der Waals surface area contributed by atoms with Crippen molar-refractivity contribution in [3.8, 4) is 0 Å². The molecule has 0 aliphatic rings. The Balaban J connectivity index is 2.00. The molecule has 0 atom stereocenters. The van der Waals surface area contributed by atoms with Crippen LogP contribution in [0.1, 0.15) is 33.3 Å². The zero-order valence-corrected chi connectivity index (χ0v) is 16.8. The number of methoxy groups -OCH3 is 1. The van der Waals surface area contributed by atoms with E-state index in [1.54, 1.807) is 7.11 Å². The highest BCUT2D eigenvalue weighted by Gasteiger charge is 2.21. The van der Waals surface area contributed by atoms with Crippen LogP contribution in [-0.2, 0) is 15.9 Å². The van der Waals surface area contributed by atoms with E-state index in [2.05, 4.69) is 47.3 Å². The van der Waals surface area contributed by atoms with Gasteiger partial charge in [-0.15, -0.1) is 11.3 Å². The largest absolute Gasteiger partial charge is 0.459 e. The number of aromatic nitrogens is 2. The summed E-state index contributed by atoms with van der Waals surface area (Å²) in [5.41, 5.74) is 4.24. The summed E-state index contributed by atoms with van der Waals surface area (Å²) in [4.78, 5) is 22.5. The van der Waals surface area contributed by atoms with Gasteiger partial charge in [-0.3, -0.25) is 0 Å². The first kappa shape index (κ1) is 19.3. The third-order valence-corrected chi connectivity index (χ3v) is 5.60. The molecule has 1 N–H and O–H groups in total. The predicted octanol–water partition coefficient (Wildman–Crippen LogP) is 4.42. The number of nitrogens with zero attached hydrogens (tertiary/aromatic N) is 2. The van der Waals surface area contributed by atoms with Gasteiger partial charge in [0.15, 0.2) is 0 Å². The first-order valence-corrected chi connectivity index (χ1v) is 9.64. The topological polar surface area (TPSA) is 73.3 Å². The van der Waals surface area contributed by atoms with Gasteiger partial charge in [-0.2, -0.15) is 0 Å². The Labute approximate surface area is 162 Å². The molecular weight excluding hydrogens is 362 g/mol. The van der Waals surface area contributed by atoms with Gasteiger partial charge >= 0.3 is 5.97 Å². The summed E-state index contributed by atoms with van der Waals surface area (Å²) < 4.78 is 10.2. The van der Waals surface area contributed by atoms with Gasteiger partial charge < -0.3 is 14.8 Å². The number of fused-ring (bicyclic) bond motifs is 1. The van der Waals surface area contributed by atoms with Crippen LogP contribution in [0.3, 0.4) is 0 Å². The number of thiophene rings is 1. The number of rotatable bonds is 7. The van der Waals surface area contributed by atoms with Crippen LogP contribution in [0, 0.1) is 13.8 Å². The molecule has 7 heteroatoms. The van der Waals surface area contributed by atoms with Crippen molar-refractivity contribution in [3.05, 3.63) is 46.1 Å². The lowest BCUT2D eigenvalue weighted by Gasteiger charge is -2.14. The molecule has 142 valence electrons. The lowest BCUT2D eigenvalue weighted by molar-refractivity contribution is 0.0393. The fourth-order valence-corrected chi connectivity index (χ4v) is 4.01. The second-order valence-electron chi connectivity index (χ2n) is 6.17. The van der Waals surface area contributed by atoms with Crippen LogP contribution in [0.15, 0.2) is 24.5 Å². The summed E-state index contributed by atoms with van der Waals surface area (Å²) in [6, 6.07) is 6.23. The Kier molecular flexibility index (Phi) is 6.03. The smallest absolute Gasteiger partial charge is 0.348 e. The number of para-hydroxylation sites is 1. The van der Waals surface area contributed by atoms with E-state index in [9.17, 15) is 4.79 Å². The van der Waals surface area contributed by atoms with E-state index in [4.69, 9.17) is 9.47 Å². The monoisotopic (exact) mass is 385 g/mol. The van der Waals surface area contributed by atoms with Gasteiger partial charge in [0.1, 0.15) is 28.5 Å². The zero-order valence-electron chi connectivity index (χ0n) is 16.0. The van der Waals surface area contributed by atoms with Crippen molar-refractivity contribution in [1.82, 2.24) is 9.97 Å². The van der Waals surface area contributed by atoms with Crippen molar-refractivity contribution in [2.75, 3.05) is 25.6 Å². The molecule has 0 spiro atoms. The van der Waals surface area contributed by atoms with Gasteiger partial charge in [-0.25, -0.2) is 14.8 Å². The molecule has 0 saturated heterocycles. The molecule has 3 rings (SSSR count). The van der Waals surface area contributed by atoms with E-state index in [1.807, 2.05) is 6.92 Å². The molecule has 0 fully saturated rings. The molecule has 27 heavy (non-hydrogen) atoms. The normalized spacial score (nSPS) is 11.0. The second kappa shape index (κ2) is 8.45. The molecular formula is C20H23N3O3S. The number of esters is 1. The number of carbonyl (C=O) groups excluding carboxylic acids is 1. The number of nitrogens with one attached hydrogen (secondary N) is 1. The fraction of sp³-hybridized carbons (Fsp3) is 0.350. The van der Waals surface area contributed by atoms with Crippen LogP contribution in [-0.4, -0.2) is 36.3 Å². The van der Waals surface area contributed by atoms with Gasteiger partial charge in [0, 0.05) is 12.8 Å². The minimum atomic E-state index is -0.358. The minimum Gasteiger partial charge on any atom is -0.459 e. The molecule has 1 aromatic carbocycles. The average Bonchev–Trinajstić information content (AvgIpc) is 3.01. The molecule has 0 aliphatic heterocycles. The number of carbonyl (C=O) groups is 1. The molecule has 6 nitrogen and oxygen atoms in total. The van der Waals surface area contributed by atoms with E-state index in [-0.39, 0.29) is 12.6 Å². The number of ether oxygens (including phenoxy) is 2. The molecule has 0 saturated carbocycles. The minimum absolute atomic E-state index is 0.225. The van der Waals surface area contributed by atoms with Crippen LogP contribution in [0.2, 0.25) is 0 Å². The summed E-state index contributed by atoms with van der Waals surface area (Å²) in [6.07, 6.45) is 2.43. The molecule has 2 heterocycles. The zero-order chi connectivity index (χ0) is 19.4. The molecule has 3 aromatic rings. The quantitative estimate of drug-likeness (QED) is 0.479. The summed E-state index contributed by atoms with van der Waals surface area (Å²) in [5, 5.41) is 4.32. The Morgan fingerprint density at radius 2 is 2.04 bits per heavy atom. The van der Waals surface area contributed by atoms with Crippen LogP contribution in [0.4, 0.5) is 11.5 Å². The van der Waals surface area contributed by atoms with Crippen molar-refractivity contribution in [3.63, 3.8) is 0 Å². The average molecular weight is 385 g/mol. The first-order chi connectivity index (χ1) is 13.1. The number of hydrogen-bond donors (Lipinski definition) is 1. The third kappa shape index (κ3) is 3.94. The maximum absolute atomic E-state index is 12.4. The number of anilines is 2. The van der Waals surface area contributed by atoms with Gasteiger partial charge in [0.05, 0.1) is 12.0 Å². The van der Waals surface area contributed by atoms with Crippen LogP contribution < -0.4 is 5.32 Å². The summed E-state index contributed by atoms with van der Waals surface area (Å²) in [7, 11) is 1.57. The molecule has 0 radical (unpaired) electrons. The van der Waals surface area contributed by atoms with Crippen molar-refractivity contribution in [2.24, 2.45) is 0 Å². The second-order valence-corrected chi connectivity index (χ2v) is 7.17. The highest BCUT2D eigenvalue weighted by Crippen LogP contribution is 2.36. The van der Waals surface area contributed by atoms with Crippen LogP contribution >= 0.6 is 11.3 Å². The van der Waals surface area contributed by atoms with Gasteiger partial charge in [0.25, 0.3) is 0 Å². The van der Waals surface area contributed by atoms with Crippen molar-refractivity contribution in [2.45, 2.75) is 27.2 Å². The lowest BCUT2D eigenvalue weighted by atomic mass is 10.1.